The largest absolute Gasteiger partial charge is 0.506 e. The highest BCUT2D eigenvalue weighted by Gasteiger charge is 2.21. The Morgan fingerprint density at radius 3 is 2.58 bits per heavy atom. The minimum Gasteiger partial charge on any atom is -0.506 e. The second kappa shape index (κ2) is 8.10. The Hall–Kier alpha value is -2.89. The second-order valence-electron chi connectivity index (χ2n) is 5.47. The van der Waals surface area contributed by atoms with Crippen LogP contribution in [-0.2, 0) is 16.0 Å². The summed E-state index contributed by atoms with van der Waals surface area (Å²) in [5.41, 5.74) is 2.16. The molecule has 1 aromatic heterocycles. The number of phenols is 1. The molecular formula is C18H21N3O3. The zero-order valence-electron chi connectivity index (χ0n) is 13.8. The van der Waals surface area contributed by atoms with Gasteiger partial charge in [0.25, 0.3) is 0 Å². The first kappa shape index (κ1) is 17.5. The molecule has 2 aromatic rings. The van der Waals surface area contributed by atoms with E-state index in [9.17, 15) is 14.7 Å². The van der Waals surface area contributed by atoms with Crippen molar-refractivity contribution in [3.05, 3.63) is 53.9 Å². The summed E-state index contributed by atoms with van der Waals surface area (Å²) in [6.07, 6.45) is 4.03. The molecule has 0 aliphatic heterocycles. The molecule has 1 aromatic carbocycles. The zero-order valence-corrected chi connectivity index (χ0v) is 13.8. The Morgan fingerprint density at radius 1 is 1.21 bits per heavy atom. The topological polar surface area (TPSA) is 82.5 Å². The van der Waals surface area contributed by atoms with Gasteiger partial charge in [-0.15, -0.1) is 0 Å². The maximum Gasteiger partial charge on any atom is 0.314 e. The first-order valence-corrected chi connectivity index (χ1v) is 7.80. The second-order valence-corrected chi connectivity index (χ2v) is 5.47. The lowest BCUT2D eigenvalue weighted by Crippen LogP contribution is -2.40. The summed E-state index contributed by atoms with van der Waals surface area (Å²) < 4.78 is 0. The van der Waals surface area contributed by atoms with Crippen LogP contribution in [0.2, 0.25) is 0 Å². The van der Waals surface area contributed by atoms with E-state index in [2.05, 4.69) is 10.3 Å². The molecule has 0 radical (unpaired) electrons. The van der Waals surface area contributed by atoms with E-state index < -0.39 is 11.8 Å². The molecular weight excluding hydrogens is 306 g/mol. The van der Waals surface area contributed by atoms with Gasteiger partial charge in [0.15, 0.2) is 0 Å². The maximum absolute atomic E-state index is 12.3. The molecule has 0 saturated carbocycles. The van der Waals surface area contributed by atoms with Crippen molar-refractivity contribution in [3.63, 3.8) is 0 Å². The number of phenolic OH excluding ortho intramolecular Hbond substituents is 1. The number of pyridine rings is 1. The highest BCUT2D eigenvalue weighted by atomic mass is 16.3. The van der Waals surface area contributed by atoms with Gasteiger partial charge in [-0.2, -0.15) is 0 Å². The molecule has 2 N–H and O–H groups in total. The smallest absolute Gasteiger partial charge is 0.314 e. The number of aromatic nitrogens is 1. The van der Waals surface area contributed by atoms with Crippen molar-refractivity contribution in [1.82, 2.24) is 9.88 Å². The van der Waals surface area contributed by atoms with Crippen LogP contribution in [0.4, 0.5) is 5.69 Å². The lowest BCUT2D eigenvalue weighted by molar-refractivity contribution is -0.143. The van der Waals surface area contributed by atoms with Crippen LogP contribution >= 0.6 is 0 Å². The quantitative estimate of drug-likeness (QED) is 0.651. The summed E-state index contributed by atoms with van der Waals surface area (Å²) in [5, 5.41) is 12.2. The number of amides is 2. The molecule has 0 aliphatic carbocycles. The van der Waals surface area contributed by atoms with Crippen molar-refractivity contribution < 1.29 is 14.7 Å². The van der Waals surface area contributed by atoms with Crippen molar-refractivity contribution in [2.45, 2.75) is 20.3 Å². The van der Waals surface area contributed by atoms with E-state index >= 15 is 0 Å². The van der Waals surface area contributed by atoms with Crippen LogP contribution < -0.4 is 5.32 Å². The molecule has 0 fully saturated rings. The lowest BCUT2D eigenvalue weighted by atomic mass is 10.2. The third kappa shape index (κ3) is 4.55. The Kier molecular flexibility index (Phi) is 5.89. The average molecular weight is 327 g/mol. The van der Waals surface area contributed by atoms with E-state index in [1.165, 1.54) is 11.0 Å². The highest BCUT2D eigenvalue weighted by molar-refractivity contribution is 6.39. The van der Waals surface area contributed by atoms with Crippen molar-refractivity contribution in [3.8, 4) is 5.75 Å². The van der Waals surface area contributed by atoms with Crippen LogP contribution in [0.3, 0.4) is 0 Å². The molecule has 2 rings (SSSR count). The van der Waals surface area contributed by atoms with Crippen LogP contribution in [0.15, 0.2) is 42.7 Å². The van der Waals surface area contributed by atoms with Gasteiger partial charge in [-0.25, -0.2) is 0 Å². The van der Waals surface area contributed by atoms with E-state index in [-0.39, 0.29) is 11.4 Å². The molecule has 1 heterocycles. The summed E-state index contributed by atoms with van der Waals surface area (Å²) in [4.78, 5) is 29.9. The van der Waals surface area contributed by atoms with Gasteiger partial charge >= 0.3 is 11.8 Å². The van der Waals surface area contributed by atoms with Crippen LogP contribution in [0.25, 0.3) is 0 Å². The molecule has 0 bridgehead atoms. The normalized spacial score (nSPS) is 10.2. The Balaban J connectivity index is 1.99. The third-order valence-corrected chi connectivity index (χ3v) is 3.68. The molecule has 6 nitrogen and oxygen atoms in total. The molecule has 24 heavy (non-hydrogen) atoms. The summed E-state index contributed by atoms with van der Waals surface area (Å²) in [5.74, 6) is -1.44. The van der Waals surface area contributed by atoms with Crippen LogP contribution in [0, 0.1) is 6.92 Å². The Morgan fingerprint density at radius 2 is 1.92 bits per heavy atom. The lowest BCUT2D eigenvalue weighted by Gasteiger charge is -2.20. The van der Waals surface area contributed by atoms with E-state index in [0.717, 1.165) is 11.1 Å². The standard InChI is InChI=1S/C18H21N3O3/c1-3-21(11-8-14-6-9-19-10-7-14)18(24)17(23)20-15-12-13(2)4-5-16(15)22/h4-7,9-10,12,22H,3,8,11H2,1-2H3,(H,20,23). The molecule has 2 amide bonds. The van der Waals surface area contributed by atoms with E-state index in [0.29, 0.717) is 19.5 Å². The predicted molar refractivity (Wildman–Crippen MR) is 91.7 cm³/mol. The Bertz CT molecular complexity index is 717. The van der Waals surface area contributed by atoms with Crippen molar-refractivity contribution >= 4 is 17.5 Å². The number of hydrogen-bond acceptors (Lipinski definition) is 4. The van der Waals surface area contributed by atoms with Gasteiger partial charge in [0.1, 0.15) is 5.75 Å². The van der Waals surface area contributed by atoms with E-state index in [1.54, 1.807) is 24.5 Å². The van der Waals surface area contributed by atoms with Crippen LogP contribution in [0.5, 0.6) is 5.75 Å². The van der Waals surface area contributed by atoms with Gasteiger partial charge in [0.2, 0.25) is 0 Å². The number of carbonyl (C=O) groups excluding carboxylic acids is 2. The fourth-order valence-corrected chi connectivity index (χ4v) is 2.29. The van der Waals surface area contributed by atoms with Gasteiger partial charge in [-0.05, 0) is 55.7 Å². The molecule has 126 valence electrons. The van der Waals surface area contributed by atoms with Crippen LogP contribution in [-0.4, -0.2) is 39.9 Å². The number of carbonyl (C=O) groups is 2. The van der Waals surface area contributed by atoms with Gasteiger partial charge in [0, 0.05) is 25.5 Å². The number of anilines is 1. The number of likely N-dealkylation sites (N-methyl/N-ethyl adjacent to an activating group) is 1. The molecule has 0 unspecified atom stereocenters. The number of aryl methyl sites for hydroxylation is 1. The number of aromatic hydroxyl groups is 1. The van der Waals surface area contributed by atoms with E-state index in [1.807, 2.05) is 26.0 Å². The average Bonchev–Trinajstić information content (AvgIpc) is 2.59. The minimum atomic E-state index is -0.757. The predicted octanol–water partition coefficient (Wildman–Crippen LogP) is 2.13. The number of nitrogens with zero attached hydrogens (tertiary/aromatic N) is 2. The molecule has 6 heteroatoms. The number of nitrogens with one attached hydrogen (secondary N) is 1. The molecule has 0 saturated heterocycles. The third-order valence-electron chi connectivity index (χ3n) is 3.68. The Labute approximate surface area is 141 Å². The van der Waals surface area contributed by atoms with E-state index in [4.69, 9.17) is 0 Å². The fraction of sp³-hybridized carbons (Fsp3) is 0.278. The monoisotopic (exact) mass is 327 g/mol. The number of benzene rings is 1. The zero-order chi connectivity index (χ0) is 17.5. The van der Waals surface area contributed by atoms with Gasteiger partial charge in [0.05, 0.1) is 5.69 Å². The SMILES string of the molecule is CCN(CCc1ccncc1)C(=O)C(=O)Nc1cc(C)ccc1O. The summed E-state index contributed by atoms with van der Waals surface area (Å²) in [6, 6.07) is 8.58. The molecule has 0 spiro atoms. The maximum atomic E-state index is 12.3. The first-order chi connectivity index (χ1) is 11.5. The van der Waals surface area contributed by atoms with Gasteiger partial charge < -0.3 is 15.3 Å². The fourth-order valence-electron chi connectivity index (χ4n) is 2.29. The first-order valence-electron chi connectivity index (χ1n) is 7.80. The summed E-state index contributed by atoms with van der Waals surface area (Å²) in [6.45, 7) is 4.52. The van der Waals surface area contributed by atoms with Crippen LogP contribution in [0.1, 0.15) is 18.1 Å². The van der Waals surface area contributed by atoms with Crippen molar-refractivity contribution in [1.29, 1.82) is 0 Å². The summed E-state index contributed by atoms with van der Waals surface area (Å²) in [7, 11) is 0. The van der Waals surface area contributed by atoms with Gasteiger partial charge in [-0.3, -0.25) is 14.6 Å². The summed E-state index contributed by atoms with van der Waals surface area (Å²) >= 11 is 0. The van der Waals surface area contributed by atoms with Gasteiger partial charge in [-0.1, -0.05) is 6.07 Å². The molecule has 0 atom stereocenters. The highest BCUT2D eigenvalue weighted by Crippen LogP contribution is 2.23. The van der Waals surface area contributed by atoms with Crippen molar-refractivity contribution in [2.24, 2.45) is 0 Å². The minimum absolute atomic E-state index is 0.0680. The number of rotatable bonds is 5. The molecule has 0 aliphatic rings. The van der Waals surface area contributed by atoms with Crippen molar-refractivity contribution in [2.75, 3.05) is 18.4 Å². The number of hydrogen-bond donors (Lipinski definition) is 2.